The van der Waals surface area contributed by atoms with Crippen molar-refractivity contribution in [1.29, 1.82) is 0 Å². The molecular formula is C29H32O12. The Balaban J connectivity index is 1.32. The molecule has 3 aliphatic rings. The Morgan fingerprint density at radius 1 is 1.02 bits per heavy atom. The first-order valence-corrected chi connectivity index (χ1v) is 13.2. The van der Waals surface area contributed by atoms with E-state index < -0.39 is 49.0 Å². The molecule has 0 unspecified atom stereocenters. The highest BCUT2D eigenvalue weighted by molar-refractivity contribution is 5.89. The Morgan fingerprint density at radius 3 is 2.46 bits per heavy atom. The Labute approximate surface area is 234 Å². The first-order chi connectivity index (χ1) is 19.6. The molecule has 12 nitrogen and oxygen atoms in total. The van der Waals surface area contributed by atoms with Gasteiger partial charge in [0.2, 0.25) is 5.43 Å². The lowest BCUT2D eigenvalue weighted by molar-refractivity contribution is -0.329. The maximum atomic E-state index is 13.8. The number of methoxy groups -OCH3 is 2. The monoisotopic (exact) mass is 572 g/mol. The van der Waals surface area contributed by atoms with E-state index in [0.29, 0.717) is 51.3 Å². The van der Waals surface area contributed by atoms with Crippen LogP contribution in [0.3, 0.4) is 0 Å². The molecule has 0 spiro atoms. The van der Waals surface area contributed by atoms with E-state index in [0.717, 1.165) is 5.56 Å². The lowest BCUT2D eigenvalue weighted by Crippen LogP contribution is -2.61. The van der Waals surface area contributed by atoms with E-state index in [4.69, 9.17) is 32.8 Å². The zero-order chi connectivity index (χ0) is 29.2. The molecule has 220 valence electrons. The van der Waals surface area contributed by atoms with Crippen LogP contribution in [0.1, 0.15) is 25.0 Å². The van der Waals surface area contributed by atoms with Crippen molar-refractivity contribution in [3.63, 3.8) is 0 Å². The normalized spacial score (nSPS) is 26.9. The molecule has 1 saturated heterocycles. The summed E-state index contributed by atoms with van der Waals surface area (Å²) < 4.78 is 40.7. The molecule has 0 bridgehead atoms. The van der Waals surface area contributed by atoms with Crippen LogP contribution in [0.5, 0.6) is 23.2 Å². The summed E-state index contributed by atoms with van der Waals surface area (Å²) in [5.74, 6) is 1.60. The lowest BCUT2D eigenvalue weighted by atomic mass is 9.94. The third-order valence-electron chi connectivity index (χ3n) is 8.03. The molecule has 41 heavy (non-hydrogen) atoms. The van der Waals surface area contributed by atoms with Crippen molar-refractivity contribution in [1.82, 2.24) is 0 Å². The minimum Gasteiger partial charge on any atom is -0.493 e. The van der Waals surface area contributed by atoms with Crippen LogP contribution in [0.25, 0.3) is 22.1 Å². The van der Waals surface area contributed by atoms with Crippen LogP contribution in [-0.4, -0.2) is 83.7 Å². The molecule has 0 aliphatic carbocycles. The minimum absolute atomic E-state index is 0.0934. The number of ether oxygens (including phenoxy) is 6. The Bertz CT molecular complexity index is 1540. The van der Waals surface area contributed by atoms with Crippen molar-refractivity contribution in [3.8, 4) is 34.3 Å². The summed E-state index contributed by atoms with van der Waals surface area (Å²) in [7, 11) is 3.06. The van der Waals surface area contributed by atoms with Crippen LogP contribution in [0.15, 0.2) is 33.5 Å². The molecular weight excluding hydrogens is 540 g/mol. The molecule has 3 aromatic rings. The van der Waals surface area contributed by atoms with Gasteiger partial charge in [0, 0.05) is 23.1 Å². The van der Waals surface area contributed by atoms with E-state index in [-0.39, 0.29) is 18.0 Å². The van der Waals surface area contributed by atoms with Crippen molar-refractivity contribution in [2.75, 3.05) is 20.8 Å². The zero-order valence-electron chi connectivity index (χ0n) is 22.9. The van der Waals surface area contributed by atoms with Crippen LogP contribution in [0.2, 0.25) is 0 Å². The average molecular weight is 573 g/mol. The predicted molar refractivity (Wildman–Crippen MR) is 142 cm³/mol. The van der Waals surface area contributed by atoms with Crippen LogP contribution in [0, 0.1) is 0 Å². The number of rotatable bonds is 6. The van der Waals surface area contributed by atoms with Gasteiger partial charge in [0.1, 0.15) is 59.6 Å². The van der Waals surface area contributed by atoms with E-state index in [9.17, 15) is 25.2 Å². The summed E-state index contributed by atoms with van der Waals surface area (Å²) in [5, 5.41) is 40.6. The summed E-state index contributed by atoms with van der Waals surface area (Å²) in [4.78, 5) is 13.8. The first-order valence-electron chi connectivity index (χ1n) is 13.2. The van der Waals surface area contributed by atoms with Gasteiger partial charge in [-0.2, -0.15) is 0 Å². The highest BCUT2D eigenvalue weighted by Crippen LogP contribution is 2.45. The van der Waals surface area contributed by atoms with Crippen LogP contribution in [-0.2, 0) is 22.5 Å². The Morgan fingerprint density at radius 2 is 1.76 bits per heavy atom. The van der Waals surface area contributed by atoms with E-state index >= 15 is 0 Å². The molecule has 2 aromatic carbocycles. The van der Waals surface area contributed by atoms with Gasteiger partial charge in [-0.3, -0.25) is 4.79 Å². The summed E-state index contributed by atoms with van der Waals surface area (Å²) in [6, 6.07) is 6.86. The van der Waals surface area contributed by atoms with Crippen molar-refractivity contribution in [3.05, 3.63) is 45.6 Å². The van der Waals surface area contributed by atoms with Crippen molar-refractivity contribution in [2.45, 2.75) is 69.3 Å². The predicted octanol–water partition coefficient (Wildman–Crippen LogP) is 1.27. The molecule has 0 saturated carbocycles. The van der Waals surface area contributed by atoms with Gasteiger partial charge >= 0.3 is 0 Å². The molecule has 12 heteroatoms. The molecule has 4 N–H and O–H groups in total. The van der Waals surface area contributed by atoms with Gasteiger partial charge in [-0.05, 0) is 38.1 Å². The van der Waals surface area contributed by atoms with Gasteiger partial charge in [0.25, 0.3) is 5.95 Å². The third-order valence-corrected chi connectivity index (χ3v) is 8.03. The number of hydrogen-bond donors (Lipinski definition) is 4. The maximum absolute atomic E-state index is 13.8. The average Bonchev–Trinajstić information content (AvgIpc) is 3.42. The highest BCUT2D eigenvalue weighted by Gasteiger charge is 2.48. The summed E-state index contributed by atoms with van der Waals surface area (Å²) in [6.07, 6.45) is -7.37. The van der Waals surface area contributed by atoms with Crippen molar-refractivity contribution < 1.29 is 53.3 Å². The standard InChI is InChI=1S/C29H32O12/c1-29(2,41-28-25(34)24(33)23(32)19(10-30)39-28)20-9-15-16(38-20)6-5-13-22(31)21-14-8-18(36-4)17(35-3)7-12(14)11-37-27(21)40-26(13)15/h5-8,19-20,23-25,28,30,32-34H,9-11H2,1-4H3/t19-,20-,23-,24+,25-,28+/m1/s1. The molecule has 3 aliphatic heterocycles. The molecule has 0 radical (unpaired) electrons. The number of fused-ring (bicyclic) bond motifs is 6. The number of hydrogen-bond acceptors (Lipinski definition) is 12. The van der Waals surface area contributed by atoms with Crippen LogP contribution >= 0.6 is 0 Å². The van der Waals surface area contributed by atoms with Crippen molar-refractivity contribution in [2.24, 2.45) is 0 Å². The minimum atomic E-state index is -1.57. The third kappa shape index (κ3) is 4.42. The van der Waals surface area contributed by atoms with Gasteiger partial charge in [-0.25, -0.2) is 0 Å². The molecule has 4 heterocycles. The van der Waals surface area contributed by atoms with Gasteiger partial charge in [0.05, 0.1) is 26.2 Å². The Hall–Kier alpha value is -3.39. The number of benzene rings is 2. The molecule has 6 rings (SSSR count). The first kappa shape index (κ1) is 27.8. The fraction of sp³-hybridized carbons (Fsp3) is 0.483. The summed E-state index contributed by atoms with van der Waals surface area (Å²) >= 11 is 0. The van der Waals surface area contributed by atoms with Crippen LogP contribution < -0.4 is 24.4 Å². The summed E-state index contributed by atoms with van der Waals surface area (Å²) in [5.41, 5.74) is 1.33. The SMILES string of the molecule is COc1cc2c(cc1OC)-c1c(oc3c4c(ccc3c1=O)O[C@@H](C(C)(C)O[C@@H]1O[C@H](CO)[C@@H](O)[C@H](O)[C@H]1O)C4)OC2. The van der Waals surface area contributed by atoms with E-state index in [1.165, 1.54) is 14.2 Å². The topological polar surface area (TPSA) is 167 Å². The largest absolute Gasteiger partial charge is 0.493 e. The second-order valence-corrected chi connectivity index (χ2v) is 10.9. The maximum Gasteiger partial charge on any atom is 0.297 e. The molecule has 0 amide bonds. The van der Waals surface area contributed by atoms with E-state index in [1.54, 1.807) is 38.1 Å². The second kappa shape index (κ2) is 10.2. The smallest absolute Gasteiger partial charge is 0.297 e. The lowest BCUT2D eigenvalue weighted by Gasteiger charge is -2.43. The van der Waals surface area contributed by atoms with Gasteiger partial charge in [-0.15, -0.1) is 0 Å². The number of aliphatic hydroxyl groups excluding tert-OH is 4. The second-order valence-electron chi connectivity index (χ2n) is 10.9. The van der Waals surface area contributed by atoms with E-state index in [1.807, 2.05) is 0 Å². The molecule has 1 aromatic heterocycles. The molecule has 1 fully saturated rings. The van der Waals surface area contributed by atoms with E-state index in [2.05, 4.69) is 0 Å². The fourth-order valence-corrected chi connectivity index (χ4v) is 5.64. The van der Waals surface area contributed by atoms with Gasteiger partial charge in [0.15, 0.2) is 17.8 Å². The highest BCUT2D eigenvalue weighted by atomic mass is 16.7. The zero-order valence-corrected chi connectivity index (χ0v) is 22.9. The van der Waals surface area contributed by atoms with Crippen LogP contribution in [0.4, 0.5) is 0 Å². The van der Waals surface area contributed by atoms with Crippen molar-refractivity contribution >= 4 is 11.0 Å². The Kier molecular flexibility index (Phi) is 6.88. The van der Waals surface area contributed by atoms with Gasteiger partial charge in [-0.1, -0.05) is 0 Å². The summed E-state index contributed by atoms with van der Waals surface area (Å²) in [6.45, 7) is 3.06. The fourth-order valence-electron chi connectivity index (χ4n) is 5.64. The van der Waals surface area contributed by atoms with Gasteiger partial charge < -0.3 is 53.3 Å². The number of aliphatic hydroxyl groups is 4. The quantitative estimate of drug-likeness (QED) is 0.335. The molecule has 6 atom stereocenters.